The average Bonchev–Trinajstić information content (AvgIpc) is 3.37. The number of hydrogen-bond acceptors (Lipinski definition) is 5. The number of aromatic hydroxyl groups is 1. The fourth-order valence-electron chi connectivity index (χ4n) is 7.68. The Morgan fingerprint density at radius 2 is 1.26 bits per heavy atom. The van der Waals surface area contributed by atoms with Crippen LogP contribution in [0.1, 0.15) is 35.4 Å². The van der Waals surface area contributed by atoms with Gasteiger partial charge in [-0.25, -0.2) is 0 Å². The number of carbonyl (C=O) groups is 4. The third-order valence-corrected chi connectivity index (χ3v) is 9.84. The minimum atomic E-state index is -0.685. The Balaban J connectivity index is 1.28. The zero-order chi connectivity index (χ0) is 29.1. The molecule has 3 fully saturated rings. The second kappa shape index (κ2) is 10.2. The zero-order valence-electron chi connectivity index (χ0n) is 22.7. The molecule has 212 valence electrons. The quantitative estimate of drug-likeness (QED) is 0.335. The molecule has 7 rings (SSSR count). The number of imide groups is 2. The first kappa shape index (κ1) is 26.7. The molecule has 0 bridgehead atoms. The van der Waals surface area contributed by atoms with E-state index in [1.165, 1.54) is 21.9 Å². The van der Waals surface area contributed by atoms with Gasteiger partial charge in [-0.1, -0.05) is 90.0 Å². The van der Waals surface area contributed by atoms with Crippen LogP contribution in [-0.4, -0.2) is 38.5 Å². The Bertz CT molecular complexity index is 1640. The molecule has 6 unspecified atom stereocenters. The van der Waals surface area contributed by atoms with E-state index in [4.69, 9.17) is 11.6 Å². The SMILES string of the molecule is O=C1C2CC=C3C(CC4C(=O)N(Cc5ccccc5)C(=O)C4C3c3ccc(O)cc3Cl)C2C(=O)N1Cc1ccccc1. The first-order valence-corrected chi connectivity index (χ1v) is 14.7. The minimum absolute atomic E-state index is 0.00185. The Morgan fingerprint density at radius 3 is 1.86 bits per heavy atom. The molecular weight excluding hydrogens is 552 g/mol. The van der Waals surface area contributed by atoms with E-state index in [1.54, 1.807) is 6.07 Å². The number of halogens is 1. The highest BCUT2D eigenvalue weighted by atomic mass is 35.5. The first-order valence-electron chi connectivity index (χ1n) is 14.3. The van der Waals surface area contributed by atoms with Crippen LogP contribution in [0.3, 0.4) is 0 Å². The van der Waals surface area contributed by atoms with Gasteiger partial charge in [-0.2, -0.15) is 0 Å². The molecule has 8 heteroatoms. The topological polar surface area (TPSA) is 95.0 Å². The van der Waals surface area contributed by atoms with Crippen molar-refractivity contribution in [1.29, 1.82) is 0 Å². The summed E-state index contributed by atoms with van der Waals surface area (Å²) in [5.41, 5.74) is 3.24. The highest BCUT2D eigenvalue weighted by Gasteiger charge is 2.62. The lowest BCUT2D eigenvalue weighted by Crippen LogP contribution is -2.43. The number of fused-ring (bicyclic) bond motifs is 4. The molecule has 2 aliphatic heterocycles. The third kappa shape index (κ3) is 4.18. The summed E-state index contributed by atoms with van der Waals surface area (Å²) in [4.78, 5) is 58.2. The molecule has 42 heavy (non-hydrogen) atoms. The number of phenolic OH excluding ortho intramolecular Hbond substituents is 1. The maximum Gasteiger partial charge on any atom is 0.234 e. The number of hydrogen-bond donors (Lipinski definition) is 1. The van der Waals surface area contributed by atoms with Crippen LogP contribution in [0.4, 0.5) is 0 Å². The van der Waals surface area contributed by atoms with E-state index in [0.29, 0.717) is 23.4 Å². The Kier molecular flexibility index (Phi) is 6.50. The molecule has 1 N–H and O–H groups in total. The van der Waals surface area contributed by atoms with E-state index < -0.39 is 29.6 Å². The van der Waals surface area contributed by atoms with Gasteiger partial charge in [0.1, 0.15) is 5.75 Å². The monoisotopic (exact) mass is 580 g/mol. The molecule has 3 aromatic carbocycles. The normalized spacial score (nSPS) is 28.5. The van der Waals surface area contributed by atoms with E-state index >= 15 is 0 Å². The van der Waals surface area contributed by atoms with Gasteiger partial charge in [-0.3, -0.25) is 29.0 Å². The van der Waals surface area contributed by atoms with Crippen molar-refractivity contribution in [3.05, 3.63) is 112 Å². The van der Waals surface area contributed by atoms with Crippen molar-refractivity contribution in [2.75, 3.05) is 0 Å². The number of nitrogens with zero attached hydrogens (tertiary/aromatic N) is 2. The number of allylic oxidation sites excluding steroid dienone is 2. The standard InChI is InChI=1S/C34H29ClN2O5/c35-27-15-21(38)11-12-23(27)28-22-13-14-24-29(33(41)36(31(24)39)17-19-7-3-1-4-8-19)25(22)16-26-30(28)34(42)37(32(26)40)18-20-9-5-2-6-10-20/h1-13,15,24-26,28-30,38H,14,16-18H2. The highest BCUT2D eigenvalue weighted by molar-refractivity contribution is 6.31. The summed E-state index contributed by atoms with van der Waals surface area (Å²) in [6.07, 6.45) is 2.70. The Hall–Kier alpha value is -4.23. The molecule has 1 saturated carbocycles. The number of carbonyl (C=O) groups excluding carboxylic acids is 4. The van der Waals surface area contributed by atoms with E-state index in [-0.39, 0.29) is 48.4 Å². The molecule has 2 aliphatic carbocycles. The van der Waals surface area contributed by atoms with Gasteiger partial charge in [-0.05, 0) is 47.6 Å². The van der Waals surface area contributed by atoms with Crippen LogP contribution in [0, 0.1) is 29.6 Å². The van der Waals surface area contributed by atoms with Crippen molar-refractivity contribution in [1.82, 2.24) is 9.80 Å². The van der Waals surface area contributed by atoms with Gasteiger partial charge < -0.3 is 5.11 Å². The van der Waals surface area contributed by atoms with Crippen molar-refractivity contribution in [2.24, 2.45) is 29.6 Å². The summed E-state index contributed by atoms with van der Waals surface area (Å²) in [6, 6.07) is 23.5. The van der Waals surface area contributed by atoms with Crippen molar-refractivity contribution in [2.45, 2.75) is 31.8 Å². The van der Waals surface area contributed by atoms with Crippen LogP contribution >= 0.6 is 11.6 Å². The molecule has 4 aliphatic rings. The fraction of sp³-hybridized carbons (Fsp3) is 0.294. The van der Waals surface area contributed by atoms with E-state index in [2.05, 4.69) is 0 Å². The molecular formula is C34H29ClN2O5. The summed E-state index contributed by atoms with van der Waals surface area (Å²) in [5, 5.41) is 10.4. The van der Waals surface area contributed by atoms with Crippen molar-refractivity contribution in [3.63, 3.8) is 0 Å². The predicted molar refractivity (Wildman–Crippen MR) is 155 cm³/mol. The fourth-order valence-corrected chi connectivity index (χ4v) is 7.97. The number of likely N-dealkylation sites (tertiary alicyclic amines) is 2. The van der Waals surface area contributed by atoms with Gasteiger partial charge in [0.15, 0.2) is 0 Å². The van der Waals surface area contributed by atoms with Crippen LogP contribution in [-0.2, 0) is 32.3 Å². The van der Waals surface area contributed by atoms with Gasteiger partial charge in [0, 0.05) is 10.9 Å². The Labute approximate surface area is 248 Å². The van der Waals surface area contributed by atoms with Gasteiger partial charge in [-0.15, -0.1) is 0 Å². The average molecular weight is 581 g/mol. The molecule has 4 amide bonds. The Morgan fingerprint density at radius 1 is 0.690 bits per heavy atom. The predicted octanol–water partition coefficient (Wildman–Crippen LogP) is 5.08. The second-order valence-corrected chi connectivity index (χ2v) is 12.1. The number of rotatable bonds is 5. The maximum absolute atomic E-state index is 14.0. The van der Waals surface area contributed by atoms with Gasteiger partial charge in [0.2, 0.25) is 23.6 Å². The van der Waals surface area contributed by atoms with E-state index in [9.17, 15) is 24.3 Å². The van der Waals surface area contributed by atoms with Gasteiger partial charge in [0.05, 0.1) is 36.8 Å². The molecule has 2 saturated heterocycles. The summed E-state index contributed by atoms with van der Waals surface area (Å²) < 4.78 is 0. The van der Waals surface area contributed by atoms with Crippen LogP contribution in [0.5, 0.6) is 5.75 Å². The molecule has 2 heterocycles. The second-order valence-electron chi connectivity index (χ2n) is 11.7. The molecule has 7 nitrogen and oxygen atoms in total. The summed E-state index contributed by atoms with van der Waals surface area (Å²) in [7, 11) is 0. The number of amides is 4. The maximum atomic E-state index is 14.0. The van der Waals surface area contributed by atoms with Crippen LogP contribution < -0.4 is 0 Å². The molecule has 6 atom stereocenters. The van der Waals surface area contributed by atoms with Crippen molar-refractivity contribution in [3.8, 4) is 5.75 Å². The summed E-state index contributed by atoms with van der Waals surface area (Å²) in [6.45, 7) is 0.370. The van der Waals surface area contributed by atoms with Gasteiger partial charge >= 0.3 is 0 Å². The van der Waals surface area contributed by atoms with Gasteiger partial charge in [0.25, 0.3) is 0 Å². The lowest BCUT2D eigenvalue weighted by molar-refractivity contribution is -0.142. The number of phenols is 1. The molecule has 0 aromatic heterocycles. The molecule has 3 aromatic rings. The van der Waals surface area contributed by atoms with E-state index in [1.807, 2.05) is 66.7 Å². The first-order chi connectivity index (χ1) is 20.3. The van der Waals surface area contributed by atoms with E-state index in [0.717, 1.165) is 16.7 Å². The number of benzene rings is 3. The largest absolute Gasteiger partial charge is 0.508 e. The third-order valence-electron chi connectivity index (χ3n) is 9.52. The lowest BCUT2D eigenvalue weighted by Gasteiger charge is -2.44. The highest BCUT2D eigenvalue weighted by Crippen LogP contribution is 2.58. The summed E-state index contributed by atoms with van der Waals surface area (Å²) in [5.74, 6) is -4.31. The molecule has 0 radical (unpaired) electrons. The minimum Gasteiger partial charge on any atom is -0.508 e. The molecule has 0 spiro atoms. The zero-order valence-corrected chi connectivity index (χ0v) is 23.5. The van der Waals surface area contributed by atoms with Crippen molar-refractivity contribution >= 4 is 35.2 Å². The van der Waals surface area contributed by atoms with Crippen molar-refractivity contribution < 1.29 is 24.3 Å². The smallest absolute Gasteiger partial charge is 0.234 e. The van der Waals surface area contributed by atoms with Crippen LogP contribution in [0.2, 0.25) is 5.02 Å². The summed E-state index contributed by atoms with van der Waals surface area (Å²) >= 11 is 6.68. The van der Waals surface area contributed by atoms with Crippen LogP contribution in [0.25, 0.3) is 0 Å². The van der Waals surface area contributed by atoms with Crippen LogP contribution in [0.15, 0.2) is 90.5 Å². The lowest BCUT2D eigenvalue weighted by atomic mass is 9.57.